The minimum Gasteiger partial charge on any atom is -0.496 e. The van der Waals surface area contributed by atoms with Crippen LogP contribution in [0.2, 0.25) is 0 Å². The van der Waals surface area contributed by atoms with Gasteiger partial charge in [-0.15, -0.1) is 10.2 Å². The third-order valence-electron chi connectivity index (χ3n) is 4.83. The molecule has 0 aliphatic rings. The van der Waals surface area contributed by atoms with Crippen molar-refractivity contribution in [2.75, 3.05) is 7.11 Å². The number of para-hydroxylation sites is 1. The van der Waals surface area contributed by atoms with E-state index in [1.165, 1.54) is 24.2 Å². The fourth-order valence-electron chi connectivity index (χ4n) is 3.15. The van der Waals surface area contributed by atoms with Crippen molar-refractivity contribution in [1.29, 1.82) is 0 Å². The van der Waals surface area contributed by atoms with Crippen LogP contribution in [0.5, 0.6) is 11.5 Å². The third kappa shape index (κ3) is 4.60. The van der Waals surface area contributed by atoms with E-state index in [9.17, 15) is 9.59 Å². The van der Waals surface area contributed by atoms with E-state index >= 15 is 0 Å². The number of halogens is 1. The molecule has 0 aliphatic carbocycles. The lowest BCUT2D eigenvalue weighted by atomic mass is 9.93. The molecule has 0 saturated heterocycles. The number of rotatable bonds is 5. The molecule has 0 atom stereocenters. The summed E-state index contributed by atoms with van der Waals surface area (Å²) in [5.74, 6) is 0.202. The van der Waals surface area contributed by atoms with E-state index in [2.05, 4.69) is 36.3 Å². The SMILES string of the molecule is COc1ccccc1C(=O)Oc1ccc(Br)cc1C=Nn1c(=O)c(C(C)(C)C)nn2cnnc12. The lowest BCUT2D eigenvalue weighted by Crippen LogP contribution is -2.33. The topological polar surface area (TPSA) is 113 Å². The minimum absolute atomic E-state index is 0.150. The number of fused-ring (bicyclic) bond motifs is 1. The van der Waals surface area contributed by atoms with E-state index in [0.29, 0.717) is 17.0 Å². The number of aromatic nitrogens is 5. The van der Waals surface area contributed by atoms with Crippen LogP contribution in [-0.2, 0) is 5.41 Å². The molecular weight excluding hydrogens is 504 g/mol. The van der Waals surface area contributed by atoms with Crippen molar-refractivity contribution in [3.8, 4) is 11.5 Å². The predicted molar refractivity (Wildman–Crippen MR) is 129 cm³/mol. The van der Waals surface area contributed by atoms with Crippen molar-refractivity contribution < 1.29 is 14.3 Å². The van der Waals surface area contributed by atoms with Gasteiger partial charge in [0.1, 0.15) is 29.1 Å². The first-order valence-corrected chi connectivity index (χ1v) is 11.0. The lowest BCUT2D eigenvalue weighted by molar-refractivity contribution is 0.0731. The summed E-state index contributed by atoms with van der Waals surface area (Å²) in [6.45, 7) is 5.64. The van der Waals surface area contributed by atoms with Gasteiger partial charge in [0.25, 0.3) is 11.3 Å². The van der Waals surface area contributed by atoms with Crippen LogP contribution >= 0.6 is 15.9 Å². The second kappa shape index (κ2) is 9.18. The standard InChI is InChI=1S/C23H21BrN6O4/c1-23(2,3)19-20(31)30(22-27-25-13-29(22)28-19)26-12-14-11-15(24)9-10-17(14)34-21(32)16-7-5-6-8-18(16)33-4/h5-13H,1-4H3. The molecule has 11 heteroatoms. The maximum absolute atomic E-state index is 13.1. The number of esters is 1. The van der Waals surface area contributed by atoms with Crippen molar-refractivity contribution >= 4 is 33.9 Å². The molecule has 0 N–H and O–H groups in total. The maximum Gasteiger partial charge on any atom is 0.347 e. The summed E-state index contributed by atoms with van der Waals surface area (Å²) in [6.07, 6.45) is 2.81. The second-order valence-electron chi connectivity index (χ2n) is 8.31. The first-order chi connectivity index (χ1) is 16.2. The van der Waals surface area contributed by atoms with Gasteiger partial charge in [-0.3, -0.25) is 4.79 Å². The van der Waals surface area contributed by atoms with Crippen LogP contribution in [0.15, 0.2) is 63.2 Å². The summed E-state index contributed by atoms with van der Waals surface area (Å²) in [7, 11) is 1.48. The highest BCUT2D eigenvalue weighted by atomic mass is 79.9. The Morgan fingerprint density at radius 1 is 1.15 bits per heavy atom. The number of ether oxygens (including phenoxy) is 2. The van der Waals surface area contributed by atoms with E-state index in [0.717, 1.165) is 9.15 Å². The normalized spacial score (nSPS) is 11.8. The van der Waals surface area contributed by atoms with Gasteiger partial charge in [0, 0.05) is 15.5 Å². The van der Waals surface area contributed by atoms with Crippen LogP contribution in [0.4, 0.5) is 0 Å². The molecule has 0 radical (unpaired) electrons. The van der Waals surface area contributed by atoms with Gasteiger partial charge in [0.15, 0.2) is 0 Å². The van der Waals surface area contributed by atoms with Gasteiger partial charge in [-0.25, -0.2) is 4.79 Å². The molecule has 2 heterocycles. The molecule has 2 aromatic carbocycles. The van der Waals surface area contributed by atoms with Crippen LogP contribution in [-0.4, -0.2) is 43.8 Å². The fourth-order valence-corrected chi connectivity index (χ4v) is 3.53. The van der Waals surface area contributed by atoms with Crippen molar-refractivity contribution in [1.82, 2.24) is 24.5 Å². The van der Waals surface area contributed by atoms with Gasteiger partial charge in [0.2, 0.25) is 0 Å². The summed E-state index contributed by atoms with van der Waals surface area (Å²) in [6, 6.07) is 11.8. The summed E-state index contributed by atoms with van der Waals surface area (Å²) < 4.78 is 14.1. The third-order valence-corrected chi connectivity index (χ3v) is 5.32. The molecule has 4 aromatic rings. The van der Waals surface area contributed by atoms with Gasteiger partial charge in [-0.05, 0) is 30.3 Å². The van der Waals surface area contributed by atoms with Gasteiger partial charge < -0.3 is 9.47 Å². The summed E-state index contributed by atoms with van der Waals surface area (Å²) >= 11 is 3.42. The number of carbonyl (C=O) groups excluding carboxylic acids is 1. The highest BCUT2D eigenvalue weighted by Gasteiger charge is 2.24. The largest absolute Gasteiger partial charge is 0.496 e. The number of methoxy groups -OCH3 is 1. The number of hydrogen-bond donors (Lipinski definition) is 0. The van der Waals surface area contributed by atoms with Crippen molar-refractivity contribution in [2.24, 2.45) is 5.10 Å². The molecular formula is C23H21BrN6O4. The van der Waals surface area contributed by atoms with E-state index in [1.807, 2.05) is 20.8 Å². The quantitative estimate of drug-likeness (QED) is 0.223. The van der Waals surface area contributed by atoms with Crippen LogP contribution in [0, 0.1) is 0 Å². The second-order valence-corrected chi connectivity index (χ2v) is 9.22. The Balaban J connectivity index is 1.76. The van der Waals surface area contributed by atoms with Crippen LogP contribution in [0.3, 0.4) is 0 Å². The average molecular weight is 525 g/mol. The molecule has 0 bridgehead atoms. The van der Waals surface area contributed by atoms with E-state index in [1.54, 1.807) is 42.5 Å². The summed E-state index contributed by atoms with van der Waals surface area (Å²) in [5.41, 5.74) is 0.0798. The Morgan fingerprint density at radius 2 is 1.91 bits per heavy atom. The van der Waals surface area contributed by atoms with E-state index < -0.39 is 16.9 Å². The summed E-state index contributed by atoms with van der Waals surface area (Å²) in [4.78, 5) is 25.9. The van der Waals surface area contributed by atoms with Gasteiger partial charge in [-0.2, -0.15) is 19.4 Å². The summed E-state index contributed by atoms with van der Waals surface area (Å²) in [5, 5.41) is 16.5. The van der Waals surface area contributed by atoms with Crippen molar-refractivity contribution in [3.05, 3.63) is 80.4 Å². The minimum atomic E-state index is -0.592. The molecule has 10 nitrogen and oxygen atoms in total. The van der Waals surface area contributed by atoms with Crippen LogP contribution in [0.25, 0.3) is 5.78 Å². The lowest BCUT2D eigenvalue weighted by Gasteiger charge is -2.17. The van der Waals surface area contributed by atoms with Gasteiger partial charge in [0.05, 0.1) is 13.3 Å². The van der Waals surface area contributed by atoms with Crippen LogP contribution in [0.1, 0.15) is 42.4 Å². The molecule has 0 aliphatic heterocycles. The Kier molecular flexibility index (Phi) is 6.29. The van der Waals surface area contributed by atoms with Crippen molar-refractivity contribution in [3.63, 3.8) is 0 Å². The molecule has 34 heavy (non-hydrogen) atoms. The molecule has 4 rings (SSSR count). The number of hydrogen-bond acceptors (Lipinski definition) is 8. The van der Waals surface area contributed by atoms with E-state index in [-0.39, 0.29) is 17.1 Å². The van der Waals surface area contributed by atoms with Crippen molar-refractivity contribution in [2.45, 2.75) is 26.2 Å². The Morgan fingerprint density at radius 3 is 2.65 bits per heavy atom. The highest BCUT2D eigenvalue weighted by molar-refractivity contribution is 9.10. The molecule has 174 valence electrons. The number of nitrogens with zero attached hydrogens (tertiary/aromatic N) is 6. The smallest absolute Gasteiger partial charge is 0.347 e. The molecule has 0 unspecified atom stereocenters. The molecule has 0 saturated carbocycles. The van der Waals surface area contributed by atoms with E-state index in [4.69, 9.17) is 9.47 Å². The first-order valence-electron chi connectivity index (χ1n) is 10.2. The first kappa shape index (κ1) is 23.3. The average Bonchev–Trinajstić information content (AvgIpc) is 3.27. The Labute approximate surface area is 203 Å². The molecule has 0 amide bonds. The maximum atomic E-state index is 13.1. The Hall–Kier alpha value is -3.86. The predicted octanol–water partition coefficient (Wildman–Crippen LogP) is 3.46. The molecule has 2 aromatic heterocycles. The van der Waals surface area contributed by atoms with Gasteiger partial charge >= 0.3 is 5.97 Å². The molecule has 0 fully saturated rings. The Bertz CT molecular complexity index is 1470. The highest BCUT2D eigenvalue weighted by Crippen LogP contribution is 2.25. The zero-order valence-corrected chi connectivity index (χ0v) is 20.5. The number of carbonyl (C=O) groups is 1. The number of benzene rings is 2. The van der Waals surface area contributed by atoms with Crippen LogP contribution < -0.4 is 15.0 Å². The monoisotopic (exact) mass is 524 g/mol. The zero-order valence-electron chi connectivity index (χ0n) is 18.9. The fraction of sp³-hybridized carbons (Fsp3) is 0.217. The van der Waals surface area contributed by atoms with Gasteiger partial charge in [-0.1, -0.05) is 48.8 Å². The zero-order chi connectivity index (χ0) is 24.5. The molecule has 0 spiro atoms.